The molecular formula is C15H25NO5. The van der Waals surface area contributed by atoms with Crippen LogP contribution in [-0.2, 0) is 14.3 Å². The van der Waals surface area contributed by atoms with E-state index in [4.69, 9.17) is 9.47 Å². The maximum absolute atomic E-state index is 12.1. The molecule has 1 heterocycles. The van der Waals surface area contributed by atoms with Crippen molar-refractivity contribution >= 4 is 12.1 Å². The molecule has 21 heavy (non-hydrogen) atoms. The number of ether oxygens (including phenoxy) is 2. The van der Waals surface area contributed by atoms with Crippen LogP contribution in [0, 0.1) is 5.41 Å². The Morgan fingerprint density at radius 2 is 1.90 bits per heavy atom. The first kappa shape index (κ1) is 16.1. The van der Waals surface area contributed by atoms with Gasteiger partial charge in [-0.05, 0) is 33.6 Å². The van der Waals surface area contributed by atoms with Crippen LogP contribution in [0.15, 0.2) is 0 Å². The van der Waals surface area contributed by atoms with Crippen LogP contribution in [0.5, 0.6) is 0 Å². The minimum atomic E-state index is -0.847. The standard InChI is InChI=1S/C15H25NO5/c1-14(2,3)21-13(19)16-8-9-20-11(10-16)15(12(17)18)6-4-5-7-15/h11H,4-10H2,1-3H3,(H,17,18). The van der Waals surface area contributed by atoms with Crippen molar-refractivity contribution in [2.75, 3.05) is 19.7 Å². The third-order valence-corrected chi connectivity index (χ3v) is 4.26. The Morgan fingerprint density at radius 1 is 1.29 bits per heavy atom. The number of nitrogens with zero attached hydrogens (tertiary/aromatic N) is 1. The van der Waals surface area contributed by atoms with Gasteiger partial charge in [0.25, 0.3) is 0 Å². The van der Waals surface area contributed by atoms with E-state index in [1.54, 1.807) is 4.90 Å². The predicted molar refractivity (Wildman–Crippen MR) is 76.1 cm³/mol. The quantitative estimate of drug-likeness (QED) is 0.846. The van der Waals surface area contributed by atoms with Crippen molar-refractivity contribution in [2.24, 2.45) is 5.41 Å². The van der Waals surface area contributed by atoms with Gasteiger partial charge in [-0.25, -0.2) is 4.79 Å². The second-order valence-electron chi connectivity index (χ2n) is 6.95. The minimum absolute atomic E-state index is 0.293. The fourth-order valence-corrected chi connectivity index (χ4v) is 3.16. The van der Waals surface area contributed by atoms with Gasteiger partial charge in [0.2, 0.25) is 0 Å². The van der Waals surface area contributed by atoms with Gasteiger partial charge in [0.1, 0.15) is 5.60 Å². The van der Waals surface area contributed by atoms with Crippen molar-refractivity contribution in [3.05, 3.63) is 0 Å². The first-order valence-corrected chi connectivity index (χ1v) is 7.57. The number of carboxylic acid groups (broad SMARTS) is 1. The summed E-state index contributed by atoms with van der Waals surface area (Å²) >= 11 is 0. The molecule has 2 fully saturated rings. The molecule has 2 rings (SSSR count). The minimum Gasteiger partial charge on any atom is -0.481 e. The van der Waals surface area contributed by atoms with Crippen molar-refractivity contribution in [3.8, 4) is 0 Å². The van der Waals surface area contributed by atoms with Gasteiger partial charge >= 0.3 is 12.1 Å². The van der Waals surface area contributed by atoms with Gasteiger partial charge in [0.05, 0.1) is 24.7 Å². The van der Waals surface area contributed by atoms with E-state index in [0.717, 1.165) is 12.8 Å². The van der Waals surface area contributed by atoms with Crippen molar-refractivity contribution in [2.45, 2.75) is 58.2 Å². The molecule has 1 saturated heterocycles. The highest BCUT2D eigenvalue weighted by molar-refractivity contribution is 5.76. The molecule has 0 bridgehead atoms. The highest BCUT2D eigenvalue weighted by Crippen LogP contribution is 2.43. The summed E-state index contributed by atoms with van der Waals surface area (Å²) in [6.07, 6.45) is 2.20. The number of carbonyl (C=O) groups is 2. The fourth-order valence-electron chi connectivity index (χ4n) is 3.16. The van der Waals surface area contributed by atoms with E-state index in [-0.39, 0.29) is 0 Å². The van der Waals surface area contributed by atoms with Crippen LogP contribution in [0.25, 0.3) is 0 Å². The van der Waals surface area contributed by atoms with E-state index in [1.807, 2.05) is 20.8 Å². The summed E-state index contributed by atoms with van der Waals surface area (Å²) < 4.78 is 11.1. The normalized spacial score (nSPS) is 25.7. The Bertz CT molecular complexity index is 409. The van der Waals surface area contributed by atoms with Crippen LogP contribution in [0.4, 0.5) is 4.79 Å². The first-order chi connectivity index (χ1) is 9.74. The number of hydrogen-bond acceptors (Lipinski definition) is 4. The van der Waals surface area contributed by atoms with Crippen molar-refractivity contribution in [1.82, 2.24) is 4.90 Å². The number of rotatable bonds is 2. The molecule has 1 saturated carbocycles. The maximum atomic E-state index is 12.1. The summed E-state index contributed by atoms with van der Waals surface area (Å²) in [5.41, 5.74) is -1.40. The molecule has 1 unspecified atom stereocenters. The molecule has 6 nitrogen and oxygen atoms in total. The van der Waals surface area contributed by atoms with Crippen LogP contribution in [0.3, 0.4) is 0 Å². The zero-order valence-corrected chi connectivity index (χ0v) is 13.1. The molecule has 0 radical (unpaired) electrons. The smallest absolute Gasteiger partial charge is 0.410 e. The Kier molecular flexibility index (Phi) is 4.46. The Labute approximate surface area is 125 Å². The number of amides is 1. The molecular weight excluding hydrogens is 274 g/mol. The summed E-state index contributed by atoms with van der Waals surface area (Å²) in [5, 5.41) is 9.61. The third-order valence-electron chi connectivity index (χ3n) is 4.26. The topological polar surface area (TPSA) is 76.1 Å². The number of morpholine rings is 1. The Hall–Kier alpha value is -1.30. The molecule has 1 atom stereocenters. The van der Waals surface area contributed by atoms with E-state index < -0.39 is 29.2 Å². The number of aliphatic carboxylic acids is 1. The van der Waals surface area contributed by atoms with Gasteiger partial charge in [-0.15, -0.1) is 0 Å². The summed E-state index contributed by atoms with van der Waals surface area (Å²) in [6, 6.07) is 0. The lowest BCUT2D eigenvalue weighted by Gasteiger charge is -2.40. The highest BCUT2D eigenvalue weighted by Gasteiger charge is 2.50. The van der Waals surface area contributed by atoms with Gasteiger partial charge in [0.15, 0.2) is 0 Å². The molecule has 0 spiro atoms. The number of carboxylic acids is 1. The van der Waals surface area contributed by atoms with Gasteiger partial charge in [0, 0.05) is 6.54 Å². The molecule has 1 aliphatic carbocycles. The summed E-state index contributed by atoms with van der Waals surface area (Å²) in [4.78, 5) is 25.4. The van der Waals surface area contributed by atoms with Crippen LogP contribution >= 0.6 is 0 Å². The molecule has 6 heteroatoms. The van der Waals surface area contributed by atoms with Gasteiger partial charge in [-0.1, -0.05) is 12.8 Å². The molecule has 0 aromatic carbocycles. The van der Waals surface area contributed by atoms with Crippen molar-refractivity contribution < 1.29 is 24.2 Å². The van der Waals surface area contributed by atoms with E-state index in [1.165, 1.54) is 0 Å². The van der Waals surface area contributed by atoms with Gasteiger partial charge in [-0.3, -0.25) is 4.79 Å². The average Bonchev–Trinajstić information content (AvgIpc) is 2.87. The van der Waals surface area contributed by atoms with Crippen molar-refractivity contribution in [1.29, 1.82) is 0 Å². The summed E-state index contributed by atoms with van der Waals surface area (Å²) in [5.74, 6) is -0.809. The zero-order chi connectivity index (χ0) is 15.7. The van der Waals surface area contributed by atoms with Crippen LogP contribution in [0.1, 0.15) is 46.5 Å². The monoisotopic (exact) mass is 299 g/mol. The zero-order valence-electron chi connectivity index (χ0n) is 13.1. The number of carbonyl (C=O) groups excluding carboxylic acids is 1. The molecule has 0 aromatic rings. The molecule has 1 amide bonds. The SMILES string of the molecule is CC(C)(C)OC(=O)N1CCOC(C2(C(=O)O)CCCC2)C1. The lowest BCUT2D eigenvalue weighted by molar-refractivity contribution is -0.165. The number of hydrogen-bond donors (Lipinski definition) is 1. The average molecular weight is 299 g/mol. The van der Waals surface area contributed by atoms with Crippen LogP contribution in [-0.4, -0.2) is 53.5 Å². The van der Waals surface area contributed by atoms with Crippen LogP contribution in [0.2, 0.25) is 0 Å². The van der Waals surface area contributed by atoms with E-state index in [2.05, 4.69) is 0 Å². The lowest BCUT2D eigenvalue weighted by Crippen LogP contribution is -2.55. The molecule has 2 aliphatic rings. The summed E-state index contributed by atoms with van der Waals surface area (Å²) in [7, 11) is 0. The summed E-state index contributed by atoms with van der Waals surface area (Å²) in [6.45, 7) is 6.55. The van der Waals surface area contributed by atoms with Gasteiger partial charge < -0.3 is 19.5 Å². The van der Waals surface area contributed by atoms with Crippen LogP contribution < -0.4 is 0 Å². The second-order valence-corrected chi connectivity index (χ2v) is 6.95. The Morgan fingerprint density at radius 3 is 2.43 bits per heavy atom. The van der Waals surface area contributed by atoms with Crippen molar-refractivity contribution in [3.63, 3.8) is 0 Å². The van der Waals surface area contributed by atoms with E-state index >= 15 is 0 Å². The molecule has 1 aliphatic heterocycles. The van der Waals surface area contributed by atoms with Gasteiger partial charge in [-0.2, -0.15) is 0 Å². The van der Waals surface area contributed by atoms with E-state index in [0.29, 0.717) is 32.5 Å². The largest absolute Gasteiger partial charge is 0.481 e. The highest BCUT2D eigenvalue weighted by atomic mass is 16.6. The first-order valence-electron chi connectivity index (χ1n) is 7.57. The third kappa shape index (κ3) is 3.48. The second kappa shape index (κ2) is 5.83. The molecule has 120 valence electrons. The van der Waals surface area contributed by atoms with E-state index in [9.17, 15) is 14.7 Å². The molecule has 0 aromatic heterocycles. The predicted octanol–water partition coefficient (Wildman–Crippen LogP) is 2.27. The lowest BCUT2D eigenvalue weighted by atomic mass is 9.79. The molecule has 1 N–H and O–H groups in total. The fraction of sp³-hybridized carbons (Fsp3) is 0.867. The Balaban J connectivity index is 2.06. The maximum Gasteiger partial charge on any atom is 0.410 e.